The average Bonchev–Trinajstić information content (AvgIpc) is 3.36. The van der Waals surface area contributed by atoms with Crippen LogP contribution in [0.25, 0.3) is 0 Å². The van der Waals surface area contributed by atoms with Crippen LogP contribution in [-0.2, 0) is 0 Å². The van der Waals surface area contributed by atoms with Crippen molar-refractivity contribution in [3.63, 3.8) is 0 Å². The van der Waals surface area contributed by atoms with E-state index in [0.29, 0.717) is 16.9 Å². The van der Waals surface area contributed by atoms with Gasteiger partial charge in [0.25, 0.3) is 5.69 Å². The fourth-order valence-corrected chi connectivity index (χ4v) is 2.53. The molecule has 0 radical (unpaired) electrons. The molecular weight excluding hydrogens is 398 g/mol. The number of non-ortho nitro benzene ring substituents is 1. The van der Waals surface area contributed by atoms with Crippen molar-refractivity contribution in [3.05, 3.63) is 125 Å². The summed E-state index contributed by atoms with van der Waals surface area (Å²) < 4.78 is 6.31. The molecule has 4 aromatic rings. The summed E-state index contributed by atoms with van der Waals surface area (Å²) in [7, 11) is 0. The molecule has 0 aliphatic heterocycles. The largest absolute Gasteiger partial charge is 0.424 e. The van der Waals surface area contributed by atoms with Gasteiger partial charge in [-0.2, -0.15) is 0 Å². The summed E-state index contributed by atoms with van der Waals surface area (Å²) in [6, 6.07) is 23.3. The number of imidazole rings is 1. The fourth-order valence-electron chi connectivity index (χ4n) is 2.53. The maximum Gasteiger partial charge on any atom is 0.424 e. The zero-order valence-electron chi connectivity index (χ0n) is 16.2. The van der Waals surface area contributed by atoms with Gasteiger partial charge in [-0.05, 0) is 12.1 Å². The van der Waals surface area contributed by atoms with Gasteiger partial charge in [-0.25, -0.2) is 14.3 Å². The maximum atomic E-state index is 12.0. The van der Waals surface area contributed by atoms with Crippen molar-refractivity contribution < 1.29 is 19.2 Å². The van der Waals surface area contributed by atoms with Crippen molar-refractivity contribution in [3.8, 4) is 5.75 Å². The predicted octanol–water partition coefficient (Wildman–Crippen LogP) is 4.76. The van der Waals surface area contributed by atoms with Crippen LogP contribution in [0.4, 0.5) is 10.5 Å². The predicted molar refractivity (Wildman–Crippen MR) is 113 cm³/mol. The van der Waals surface area contributed by atoms with Gasteiger partial charge < -0.3 is 4.74 Å². The molecule has 3 aromatic carbocycles. The van der Waals surface area contributed by atoms with Gasteiger partial charge >= 0.3 is 6.09 Å². The van der Waals surface area contributed by atoms with Crippen LogP contribution in [-0.4, -0.2) is 26.4 Å². The molecule has 1 aromatic heterocycles. The second kappa shape index (κ2) is 10.3. The molecule has 0 aliphatic rings. The number of ketones is 1. The molecule has 0 amide bonds. The summed E-state index contributed by atoms with van der Waals surface area (Å²) in [6.07, 6.45) is 3.98. The lowest BCUT2D eigenvalue weighted by Gasteiger charge is -2.02. The summed E-state index contributed by atoms with van der Waals surface area (Å²) in [5.74, 6) is 0.306. The number of hydrogen-bond acceptors (Lipinski definition) is 6. The number of ether oxygens (including phenoxy) is 1. The van der Waals surface area contributed by atoms with Gasteiger partial charge in [0.2, 0.25) is 0 Å². The van der Waals surface area contributed by atoms with Crippen LogP contribution >= 0.6 is 0 Å². The first-order valence-corrected chi connectivity index (χ1v) is 9.14. The number of para-hydroxylation sites is 1. The summed E-state index contributed by atoms with van der Waals surface area (Å²) in [5.41, 5.74) is 0.769. The first-order chi connectivity index (χ1) is 15.0. The molecule has 154 valence electrons. The summed E-state index contributed by atoms with van der Waals surface area (Å²) in [4.78, 5) is 37.2. The van der Waals surface area contributed by atoms with E-state index in [1.807, 2.05) is 12.1 Å². The van der Waals surface area contributed by atoms with E-state index in [-0.39, 0.29) is 11.5 Å². The lowest BCUT2D eigenvalue weighted by Crippen LogP contribution is -2.14. The summed E-state index contributed by atoms with van der Waals surface area (Å²) >= 11 is 0. The molecule has 0 N–H and O–H groups in total. The van der Waals surface area contributed by atoms with Crippen molar-refractivity contribution in [2.75, 3.05) is 0 Å². The molecule has 8 heteroatoms. The van der Waals surface area contributed by atoms with Crippen molar-refractivity contribution in [2.45, 2.75) is 0 Å². The highest BCUT2D eigenvalue weighted by atomic mass is 16.6. The smallest absolute Gasteiger partial charge is 0.410 e. The van der Waals surface area contributed by atoms with E-state index in [0.717, 1.165) is 0 Å². The Kier molecular flexibility index (Phi) is 6.99. The minimum Gasteiger partial charge on any atom is -0.410 e. The molecule has 0 aliphatic carbocycles. The number of nitro benzene ring substituents is 1. The Hall–Kier alpha value is -4.59. The van der Waals surface area contributed by atoms with E-state index in [1.165, 1.54) is 41.5 Å². The van der Waals surface area contributed by atoms with Crippen molar-refractivity contribution in [2.24, 2.45) is 0 Å². The lowest BCUT2D eigenvalue weighted by molar-refractivity contribution is -0.384. The third-order valence-electron chi connectivity index (χ3n) is 4.02. The number of nitro groups is 1. The highest BCUT2D eigenvalue weighted by molar-refractivity contribution is 6.09. The Morgan fingerprint density at radius 3 is 2.13 bits per heavy atom. The minimum absolute atomic E-state index is 0.0771. The molecule has 0 fully saturated rings. The standard InChI is InChI=1S/C13H9NO3.C10H8N2O2/c15-13(10-5-2-1-3-6-10)11-7-4-8-12(9-11)14(16)17;13-10(12-7-6-11-8-12)14-9-4-2-1-3-5-9/h1-9H;1-8H. The Morgan fingerprint density at radius 2 is 1.52 bits per heavy atom. The molecule has 31 heavy (non-hydrogen) atoms. The number of rotatable bonds is 4. The monoisotopic (exact) mass is 415 g/mol. The number of carbonyl (C=O) groups is 2. The van der Waals surface area contributed by atoms with Crippen LogP contribution in [0, 0.1) is 10.1 Å². The Morgan fingerprint density at radius 1 is 0.871 bits per heavy atom. The SMILES string of the molecule is O=C(Oc1ccccc1)n1ccnc1.O=C(c1ccccc1)c1cccc([N+](=O)[O-])c1. The van der Waals surface area contributed by atoms with E-state index < -0.39 is 11.0 Å². The molecule has 8 nitrogen and oxygen atoms in total. The van der Waals surface area contributed by atoms with E-state index in [4.69, 9.17) is 4.74 Å². The molecule has 0 spiro atoms. The zero-order valence-corrected chi connectivity index (χ0v) is 16.2. The molecule has 0 saturated carbocycles. The van der Waals surface area contributed by atoms with Gasteiger partial charge in [0.15, 0.2) is 5.78 Å². The molecule has 1 heterocycles. The first kappa shape index (κ1) is 21.1. The van der Waals surface area contributed by atoms with E-state index in [9.17, 15) is 19.7 Å². The van der Waals surface area contributed by atoms with Gasteiger partial charge in [0.1, 0.15) is 12.1 Å². The van der Waals surface area contributed by atoms with Gasteiger partial charge in [-0.3, -0.25) is 14.9 Å². The first-order valence-electron chi connectivity index (χ1n) is 9.14. The number of benzene rings is 3. The van der Waals surface area contributed by atoms with Gasteiger partial charge in [0.05, 0.1) is 4.92 Å². The molecule has 0 bridgehead atoms. The van der Waals surface area contributed by atoms with Crippen molar-refractivity contribution in [1.29, 1.82) is 0 Å². The Bertz CT molecular complexity index is 1160. The number of nitrogens with zero attached hydrogens (tertiary/aromatic N) is 3. The fraction of sp³-hybridized carbons (Fsp3) is 0. The summed E-state index contributed by atoms with van der Waals surface area (Å²) in [6.45, 7) is 0. The molecule has 0 atom stereocenters. The topological polar surface area (TPSA) is 104 Å². The molecule has 0 saturated heterocycles. The number of carbonyl (C=O) groups excluding carboxylic acids is 2. The molecular formula is C23H17N3O5. The van der Waals surface area contributed by atoms with E-state index >= 15 is 0 Å². The Labute approximate surface area is 177 Å². The normalized spacial score (nSPS) is 9.81. The zero-order chi connectivity index (χ0) is 22.1. The number of aromatic nitrogens is 2. The van der Waals surface area contributed by atoms with Gasteiger partial charge in [0, 0.05) is 35.7 Å². The minimum atomic E-state index is -0.512. The van der Waals surface area contributed by atoms with Crippen molar-refractivity contribution >= 4 is 17.6 Å². The maximum absolute atomic E-state index is 12.0. The van der Waals surface area contributed by atoms with Gasteiger partial charge in [-0.1, -0.05) is 60.7 Å². The Balaban J connectivity index is 0.000000179. The number of hydrogen-bond donors (Lipinski definition) is 0. The van der Waals surface area contributed by atoms with E-state index in [2.05, 4.69) is 4.98 Å². The van der Waals surface area contributed by atoms with Crippen LogP contribution in [0.15, 0.2) is 104 Å². The highest BCUT2D eigenvalue weighted by Crippen LogP contribution is 2.16. The molecule has 4 rings (SSSR count). The van der Waals surface area contributed by atoms with Crippen LogP contribution in [0.5, 0.6) is 5.75 Å². The average molecular weight is 415 g/mol. The quantitative estimate of drug-likeness (QED) is 0.270. The third kappa shape index (κ3) is 5.94. The summed E-state index contributed by atoms with van der Waals surface area (Å²) in [5, 5.41) is 10.6. The van der Waals surface area contributed by atoms with Crippen molar-refractivity contribution in [1.82, 2.24) is 9.55 Å². The van der Waals surface area contributed by atoms with Crippen LogP contribution in [0.1, 0.15) is 15.9 Å². The second-order valence-corrected chi connectivity index (χ2v) is 6.15. The lowest BCUT2D eigenvalue weighted by atomic mass is 10.0. The van der Waals surface area contributed by atoms with Crippen LogP contribution in [0.2, 0.25) is 0 Å². The third-order valence-corrected chi connectivity index (χ3v) is 4.02. The highest BCUT2D eigenvalue weighted by Gasteiger charge is 2.12. The molecule has 0 unspecified atom stereocenters. The van der Waals surface area contributed by atoms with Gasteiger partial charge in [-0.15, -0.1) is 0 Å². The van der Waals surface area contributed by atoms with E-state index in [1.54, 1.807) is 54.6 Å². The van der Waals surface area contributed by atoms with Crippen LogP contribution < -0.4 is 4.74 Å². The second-order valence-electron chi connectivity index (χ2n) is 6.15. The van der Waals surface area contributed by atoms with Crippen LogP contribution in [0.3, 0.4) is 0 Å².